The predicted molar refractivity (Wildman–Crippen MR) is 109 cm³/mol. The first-order chi connectivity index (χ1) is 12.2. The molecule has 0 N–H and O–H groups in total. The van der Waals surface area contributed by atoms with Crippen molar-refractivity contribution in [2.45, 2.75) is 52.2 Å². The molecule has 0 amide bonds. The summed E-state index contributed by atoms with van der Waals surface area (Å²) >= 11 is 0. The van der Waals surface area contributed by atoms with Crippen LogP contribution in [0.3, 0.4) is 0 Å². The highest BCUT2D eigenvalue weighted by atomic mass is 16.1. The second-order valence-electron chi connectivity index (χ2n) is 7.47. The second-order valence-corrected chi connectivity index (χ2v) is 7.47. The van der Waals surface area contributed by atoms with Gasteiger partial charge in [0.1, 0.15) is 0 Å². The lowest BCUT2D eigenvalue weighted by Gasteiger charge is -2.37. The molecule has 0 saturated carbocycles. The number of rotatable bonds is 7. The Kier molecular flexibility index (Phi) is 5.78. The number of benzene rings is 1. The molecule has 25 heavy (non-hydrogen) atoms. The van der Waals surface area contributed by atoms with Crippen molar-refractivity contribution in [1.82, 2.24) is 0 Å². The number of allylic oxidation sites excluding steroid dienone is 5. The lowest BCUT2D eigenvalue weighted by Crippen LogP contribution is -2.37. The van der Waals surface area contributed by atoms with Crippen LogP contribution in [0.25, 0.3) is 5.57 Å². The van der Waals surface area contributed by atoms with Gasteiger partial charge in [-0.1, -0.05) is 107 Å². The molecule has 0 saturated heterocycles. The van der Waals surface area contributed by atoms with Gasteiger partial charge < -0.3 is 0 Å². The van der Waals surface area contributed by atoms with E-state index in [0.717, 1.165) is 16.7 Å². The molecule has 2 atom stereocenters. The SMILES string of the molecule is C=C1c2ccccc2C(=O)C2C(B(CCC)CCCCC)=CC=CC12. The number of carbonyl (C=O) groups excluding carboxylic acids is 1. The Morgan fingerprint density at radius 3 is 2.52 bits per heavy atom. The number of hydrogen-bond donors (Lipinski definition) is 0. The average molecular weight is 332 g/mol. The van der Waals surface area contributed by atoms with Crippen molar-refractivity contribution in [2.24, 2.45) is 11.8 Å². The van der Waals surface area contributed by atoms with Gasteiger partial charge in [0.25, 0.3) is 0 Å². The smallest absolute Gasteiger partial charge is 0.171 e. The zero-order chi connectivity index (χ0) is 17.8. The Labute approximate surface area is 153 Å². The summed E-state index contributed by atoms with van der Waals surface area (Å²) in [6.07, 6.45) is 13.9. The Balaban J connectivity index is 1.94. The summed E-state index contributed by atoms with van der Waals surface area (Å²) in [6, 6.07) is 7.99. The third-order valence-electron chi connectivity index (χ3n) is 5.81. The normalized spacial score (nSPS) is 21.6. The van der Waals surface area contributed by atoms with Gasteiger partial charge in [-0.2, -0.15) is 0 Å². The van der Waals surface area contributed by atoms with E-state index >= 15 is 0 Å². The molecule has 0 fully saturated rings. The van der Waals surface area contributed by atoms with E-state index in [-0.39, 0.29) is 11.8 Å². The minimum Gasteiger partial charge on any atom is -0.293 e. The predicted octanol–water partition coefficient (Wildman–Crippen LogP) is 6.26. The number of fused-ring (bicyclic) bond motifs is 2. The Bertz CT molecular complexity index is 713. The first-order valence-electron chi connectivity index (χ1n) is 9.89. The average Bonchev–Trinajstić information content (AvgIpc) is 2.65. The van der Waals surface area contributed by atoms with E-state index in [4.69, 9.17) is 0 Å². The lowest BCUT2D eigenvalue weighted by molar-refractivity contribution is 0.0924. The summed E-state index contributed by atoms with van der Waals surface area (Å²) in [4.78, 5) is 13.3. The molecular formula is C23H29BO. The number of ketones is 1. The molecule has 130 valence electrons. The summed E-state index contributed by atoms with van der Waals surface area (Å²) < 4.78 is 0. The molecule has 0 heterocycles. The van der Waals surface area contributed by atoms with Crippen LogP contribution in [0, 0.1) is 11.8 Å². The maximum Gasteiger partial charge on any atom is 0.171 e. The highest BCUT2D eigenvalue weighted by Crippen LogP contribution is 2.45. The molecule has 1 aromatic carbocycles. The molecule has 3 rings (SSSR count). The molecule has 1 nitrogen and oxygen atoms in total. The van der Waals surface area contributed by atoms with Crippen LogP contribution in [0.5, 0.6) is 0 Å². The van der Waals surface area contributed by atoms with Crippen LogP contribution in [0.4, 0.5) is 0 Å². The van der Waals surface area contributed by atoms with Crippen molar-refractivity contribution in [3.05, 3.63) is 65.7 Å². The van der Waals surface area contributed by atoms with Gasteiger partial charge in [0, 0.05) is 17.4 Å². The summed E-state index contributed by atoms with van der Waals surface area (Å²) in [5.41, 5.74) is 4.35. The summed E-state index contributed by atoms with van der Waals surface area (Å²) in [5.74, 6) is 0.388. The largest absolute Gasteiger partial charge is 0.293 e. The summed E-state index contributed by atoms with van der Waals surface area (Å²) in [7, 11) is 0. The number of Topliss-reactive ketones (excluding diaryl/α,β-unsaturated/α-hetero) is 1. The number of hydrogen-bond acceptors (Lipinski definition) is 1. The Morgan fingerprint density at radius 1 is 1.04 bits per heavy atom. The minimum absolute atomic E-state index is 0.0365. The van der Waals surface area contributed by atoms with Crippen LogP contribution in [0.2, 0.25) is 12.6 Å². The third kappa shape index (κ3) is 3.45. The topological polar surface area (TPSA) is 17.1 Å². The van der Waals surface area contributed by atoms with Crippen molar-refractivity contribution in [2.75, 3.05) is 0 Å². The van der Waals surface area contributed by atoms with Crippen LogP contribution in [-0.4, -0.2) is 12.5 Å². The maximum absolute atomic E-state index is 13.3. The highest BCUT2D eigenvalue weighted by Gasteiger charge is 2.41. The fourth-order valence-corrected chi connectivity index (χ4v) is 4.52. The fraction of sp³-hybridized carbons (Fsp3) is 0.435. The molecule has 0 spiro atoms. The quantitative estimate of drug-likeness (QED) is 0.425. The van der Waals surface area contributed by atoms with Crippen molar-refractivity contribution >= 4 is 18.1 Å². The molecule has 2 aliphatic rings. The highest BCUT2D eigenvalue weighted by molar-refractivity contribution is 6.67. The van der Waals surface area contributed by atoms with Crippen molar-refractivity contribution in [3.63, 3.8) is 0 Å². The summed E-state index contributed by atoms with van der Waals surface area (Å²) in [6.45, 7) is 9.38. The van der Waals surface area contributed by atoms with Gasteiger partial charge in [-0.05, 0) is 11.1 Å². The molecule has 2 unspecified atom stereocenters. The fourth-order valence-electron chi connectivity index (χ4n) is 4.52. The summed E-state index contributed by atoms with van der Waals surface area (Å²) in [5, 5.41) is 0. The zero-order valence-corrected chi connectivity index (χ0v) is 15.6. The first kappa shape index (κ1) is 18.0. The van der Waals surface area contributed by atoms with E-state index in [1.54, 1.807) is 0 Å². The van der Waals surface area contributed by atoms with E-state index < -0.39 is 0 Å². The molecular weight excluding hydrogens is 303 g/mol. The van der Waals surface area contributed by atoms with Crippen LogP contribution >= 0.6 is 0 Å². The standard InChI is InChI=1S/C23H29BO/c1-4-6-9-16-24(15-5-2)21-14-10-13-19-17(3)18-11-7-8-12-20(18)23(25)22(19)21/h7-8,10-14,19,22H,3-6,9,15-16H2,1-2H3. The van der Waals surface area contributed by atoms with E-state index in [9.17, 15) is 4.79 Å². The first-order valence-corrected chi connectivity index (χ1v) is 9.89. The van der Waals surface area contributed by atoms with Crippen LogP contribution in [-0.2, 0) is 0 Å². The third-order valence-corrected chi connectivity index (χ3v) is 5.81. The van der Waals surface area contributed by atoms with Crippen LogP contribution in [0.1, 0.15) is 55.5 Å². The molecule has 0 bridgehead atoms. The van der Waals surface area contributed by atoms with Crippen molar-refractivity contribution in [3.8, 4) is 0 Å². The van der Waals surface area contributed by atoms with Crippen LogP contribution in [0.15, 0.2) is 54.5 Å². The van der Waals surface area contributed by atoms with Gasteiger partial charge in [-0.25, -0.2) is 0 Å². The molecule has 1 aromatic rings. The van der Waals surface area contributed by atoms with Gasteiger partial charge in [-0.3, -0.25) is 4.79 Å². The van der Waals surface area contributed by atoms with Gasteiger partial charge in [0.05, 0.1) is 0 Å². The van der Waals surface area contributed by atoms with Crippen molar-refractivity contribution < 1.29 is 4.79 Å². The van der Waals surface area contributed by atoms with Gasteiger partial charge in [0.15, 0.2) is 12.5 Å². The van der Waals surface area contributed by atoms with E-state index in [0.29, 0.717) is 12.5 Å². The Hall–Kier alpha value is -1.83. The molecule has 2 aliphatic carbocycles. The zero-order valence-electron chi connectivity index (χ0n) is 15.6. The van der Waals surface area contributed by atoms with Crippen molar-refractivity contribution in [1.29, 1.82) is 0 Å². The lowest BCUT2D eigenvalue weighted by atomic mass is 9.35. The number of unbranched alkanes of at least 4 members (excludes halogenated alkanes) is 2. The van der Waals surface area contributed by atoms with E-state index in [1.807, 2.05) is 24.3 Å². The Morgan fingerprint density at radius 2 is 1.80 bits per heavy atom. The van der Waals surface area contributed by atoms with E-state index in [1.165, 1.54) is 43.8 Å². The molecule has 2 heteroatoms. The monoisotopic (exact) mass is 332 g/mol. The molecule has 0 aromatic heterocycles. The van der Waals surface area contributed by atoms with E-state index in [2.05, 4.69) is 38.7 Å². The van der Waals surface area contributed by atoms with Gasteiger partial charge in [-0.15, -0.1) is 0 Å². The van der Waals surface area contributed by atoms with Gasteiger partial charge in [0.2, 0.25) is 0 Å². The minimum atomic E-state index is -0.0365. The van der Waals surface area contributed by atoms with Crippen LogP contribution < -0.4 is 0 Å². The van der Waals surface area contributed by atoms with Gasteiger partial charge >= 0.3 is 0 Å². The molecule has 0 radical (unpaired) electrons. The maximum atomic E-state index is 13.3. The second kappa shape index (κ2) is 8.04. The number of carbonyl (C=O) groups is 1. The molecule has 0 aliphatic heterocycles.